The molecule has 6 nitrogen and oxygen atoms in total. The third-order valence-electron chi connectivity index (χ3n) is 2.31. The minimum Gasteiger partial charge on any atom is -0.368 e. The van der Waals surface area contributed by atoms with E-state index in [1.165, 1.54) is 0 Å². The molecule has 2 rings (SSSR count). The Balaban J connectivity index is 2.20. The Hall–Kier alpha value is -2.18. The van der Waals surface area contributed by atoms with E-state index in [4.69, 9.17) is 17.3 Å². The topological polar surface area (TPSA) is 94.3 Å². The fourth-order valence-electron chi connectivity index (χ4n) is 1.50. The number of nitrogens with one attached hydrogen (secondary N) is 1. The van der Waals surface area contributed by atoms with Crippen molar-refractivity contribution in [3.63, 3.8) is 0 Å². The number of pyridine rings is 1. The zero-order chi connectivity index (χ0) is 13.8. The maximum absolute atomic E-state index is 11.7. The molecule has 19 heavy (non-hydrogen) atoms. The Morgan fingerprint density at radius 1 is 1.37 bits per heavy atom. The second kappa shape index (κ2) is 5.64. The van der Waals surface area contributed by atoms with Gasteiger partial charge < -0.3 is 5.73 Å². The molecule has 0 aliphatic heterocycles. The molecule has 0 radical (unpaired) electrons. The number of hydrogen-bond donors (Lipinski definition) is 2. The van der Waals surface area contributed by atoms with E-state index in [1.54, 1.807) is 12.1 Å². The molecular formula is C12H10ClN3O3. The van der Waals surface area contributed by atoms with E-state index in [9.17, 15) is 9.59 Å². The van der Waals surface area contributed by atoms with Gasteiger partial charge in [-0.25, -0.2) is 10.5 Å². The fourth-order valence-corrected chi connectivity index (χ4v) is 1.76. The van der Waals surface area contributed by atoms with Gasteiger partial charge in [-0.3, -0.25) is 14.4 Å². The largest absolute Gasteiger partial charge is 0.368 e. The lowest BCUT2D eigenvalue weighted by Gasteiger charge is -2.06. The van der Waals surface area contributed by atoms with Crippen LogP contribution in [-0.2, 0) is 9.63 Å². The summed E-state index contributed by atoms with van der Waals surface area (Å²) in [5.41, 5.74) is 7.02. The lowest BCUT2D eigenvalue weighted by Crippen LogP contribution is -2.29. The molecule has 1 aromatic heterocycles. The van der Waals surface area contributed by atoms with E-state index >= 15 is 0 Å². The summed E-state index contributed by atoms with van der Waals surface area (Å²) in [6.07, 6.45) is 0. The number of rotatable bonds is 4. The first-order valence-electron chi connectivity index (χ1n) is 5.33. The Bertz CT molecular complexity index is 645. The fraction of sp³-hybridized carbons (Fsp3) is 0.0833. The van der Waals surface area contributed by atoms with Crippen molar-refractivity contribution in [3.8, 4) is 0 Å². The van der Waals surface area contributed by atoms with Crippen molar-refractivity contribution < 1.29 is 14.4 Å². The molecule has 0 aliphatic carbocycles. The molecule has 0 fully saturated rings. The summed E-state index contributed by atoms with van der Waals surface area (Å²) in [6, 6.07) is 8.83. The van der Waals surface area contributed by atoms with Crippen molar-refractivity contribution >= 4 is 34.2 Å². The van der Waals surface area contributed by atoms with Gasteiger partial charge in [-0.05, 0) is 11.5 Å². The van der Waals surface area contributed by atoms with E-state index in [0.717, 1.165) is 10.8 Å². The van der Waals surface area contributed by atoms with Crippen LogP contribution in [0.5, 0.6) is 0 Å². The van der Waals surface area contributed by atoms with Gasteiger partial charge in [0.15, 0.2) is 6.61 Å². The highest BCUT2D eigenvalue weighted by Gasteiger charge is 2.11. The number of hydroxylamine groups is 1. The summed E-state index contributed by atoms with van der Waals surface area (Å²) in [6.45, 7) is -0.410. The van der Waals surface area contributed by atoms with E-state index in [1.807, 2.05) is 18.2 Å². The Labute approximate surface area is 113 Å². The van der Waals surface area contributed by atoms with Crippen molar-refractivity contribution in [2.24, 2.45) is 5.73 Å². The summed E-state index contributed by atoms with van der Waals surface area (Å²) < 4.78 is 0. The minimum absolute atomic E-state index is 0.0909. The Morgan fingerprint density at radius 2 is 2.11 bits per heavy atom. The summed E-state index contributed by atoms with van der Waals surface area (Å²) in [5, 5.41) is 1.75. The molecule has 1 aromatic carbocycles. The predicted molar refractivity (Wildman–Crippen MR) is 69.4 cm³/mol. The lowest BCUT2D eigenvalue weighted by molar-refractivity contribution is -0.124. The maximum atomic E-state index is 11.7. The number of nitrogens with two attached hydrogens (primary N) is 1. The summed E-state index contributed by atoms with van der Waals surface area (Å²) >= 11 is 5.98. The molecule has 2 aromatic rings. The third kappa shape index (κ3) is 3.18. The van der Waals surface area contributed by atoms with E-state index in [0.29, 0.717) is 0 Å². The molecule has 7 heteroatoms. The number of hydrogen-bond acceptors (Lipinski definition) is 4. The normalized spacial score (nSPS) is 10.4. The smallest absolute Gasteiger partial charge is 0.293 e. The first-order valence-corrected chi connectivity index (χ1v) is 5.71. The van der Waals surface area contributed by atoms with Crippen LogP contribution >= 0.6 is 11.6 Å². The number of nitrogens with zero attached hydrogens (tertiary/aromatic N) is 1. The molecule has 2 amide bonds. The van der Waals surface area contributed by atoms with Gasteiger partial charge in [-0.15, -0.1) is 0 Å². The van der Waals surface area contributed by atoms with E-state index < -0.39 is 18.4 Å². The average Bonchev–Trinajstić information content (AvgIpc) is 2.38. The van der Waals surface area contributed by atoms with Gasteiger partial charge in [0.1, 0.15) is 10.8 Å². The number of amides is 2. The van der Waals surface area contributed by atoms with E-state index in [2.05, 4.69) is 15.3 Å². The predicted octanol–water partition coefficient (Wildman–Crippen LogP) is 1.03. The van der Waals surface area contributed by atoms with Crippen LogP contribution < -0.4 is 11.2 Å². The number of fused-ring (bicyclic) bond motifs is 1. The molecular weight excluding hydrogens is 270 g/mol. The van der Waals surface area contributed by atoms with Crippen LogP contribution in [0.3, 0.4) is 0 Å². The van der Waals surface area contributed by atoms with Gasteiger partial charge >= 0.3 is 0 Å². The standard InChI is InChI=1S/C12H10ClN3O3/c13-11-8-4-2-1-3-7(8)5-9(15-11)12(18)16-19-6-10(14)17/h1-5H,6H2,(H2,14,17)(H,16,18). The summed E-state index contributed by atoms with van der Waals surface area (Å²) in [5.74, 6) is -1.29. The molecule has 0 unspecified atom stereocenters. The van der Waals surface area contributed by atoms with Crippen LogP contribution in [0.2, 0.25) is 5.15 Å². The van der Waals surface area contributed by atoms with Crippen molar-refractivity contribution in [1.29, 1.82) is 0 Å². The molecule has 0 atom stereocenters. The number of carbonyl (C=O) groups excluding carboxylic acids is 2. The Kier molecular flexibility index (Phi) is 3.94. The van der Waals surface area contributed by atoms with Gasteiger partial charge in [-0.1, -0.05) is 35.9 Å². The third-order valence-corrected chi connectivity index (χ3v) is 2.59. The molecule has 0 saturated carbocycles. The van der Waals surface area contributed by atoms with Crippen LogP contribution in [0.25, 0.3) is 10.8 Å². The van der Waals surface area contributed by atoms with Crippen LogP contribution in [0.1, 0.15) is 10.5 Å². The number of carbonyl (C=O) groups is 2. The maximum Gasteiger partial charge on any atom is 0.293 e. The molecule has 0 saturated heterocycles. The molecule has 1 heterocycles. The van der Waals surface area contributed by atoms with Gasteiger partial charge in [0, 0.05) is 5.39 Å². The van der Waals surface area contributed by atoms with Crippen molar-refractivity contribution in [1.82, 2.24) is 10.5 Å². The molecule has 3 N–H and O–H groups in total. The first kappa shape index (κ1) is 13.3. The SMILES string of the molecule is NC(=O)CONC(=O)c1cc2ccccc2c(Cl)n1. The van der Waals surface area contributed by atoms with Crippen LogP contribution in [0, 0.1) is 0 Å². The zero-order valence-electron chi connectivity index (χ0n) is 9.72. The Morgan fingerprint density at radius 3 is 2.84 bits per heavy atom. The quantitative estimate of drug-likeness (QED) is 0.646. The highest BCUT2D eigenvalue weighted by atomic mass is 35.5. The summed E-state index contributed by atoms with van der Waals surface area (Å²) in [7, 11) is 0. The van der Waals surface area contributed by atoms with Crippen molar-refractivity contribution in [3.05, 3.63) is 41.2 Å². The monoisotopic (exact) mass is 279 g/mol. The molecule has 0 aliphatic rings. The van der Waals surface area contributed by atoms with Crippen molar-refractivity contribution in [2.45, 2.75) is 0 Å². The number of primary amides is 1. The van der Waals surface area contributed by atoms with Crippen LogP contribution in [0.15, 0.2) is 30.3 Å². The molecule has 98 valence electrons. The van der Waals surface area contributed by atoms with E-state index in [-0.39, 0.29) is 10.8 Å². The second-order valence-corrected chi connectivity index (χ2v) is 4.06. The average molecular weight is 280 g/mol. The van der Waals surface area contributed by atoms with Gasteiger partial charge in [0.25, 0.3) is 5.91 Å². The number of aromatic nitrogens is 1. The first-order chi connectivity index (χ1) is 9.08. The molecule has 0 spiro atoms. The van der Waals surface area contributed by atoms with Gasteiger partial charge in [0.05, 0.1) is 0 Å². The highest BCUT2D eigenvalue weighted by molar-refractivity contribution is 6.34. The van der Waals surface area contributed by atoms with Crippen LogP contribution in [0.4, 0.5) is 0 Å². The highest BCUT2D eigenvalue weighted by Crippen LogP contribution is 2.22. The molecule has 0 bridgehead atoms. The van der Waals surface area contributed by atoms with Gasteiger partial charge in [-0.2, -0.15) is 0 Å². The second-order valence-electron chi connectivity index (χ2n) is 3.71. The lowest BCUT2D eigenvalue weighted by atomic mass is 10.1. The minimum atomic E-state index is -0.690. The van der Waals surface area contributed by atoms with Gasteiger partial charge in [0.2, 0.25) is 5.91 Å². The zero-order valence-corrected chi connectivity index (χ0v) is 10.5. The van der Waals surface area contributed by atoms with Crippen LogP contribution in [-0.4, -0.2) is 23.4 Å². The van der Waals surface area contributed by atoms with Crippen molar-refractivity contribution in [2.75, 3.05) is 6.61 Å². The number of halogens is 1. The number of benzene rings is 1. The summed E-state index contributed by atoms with van der Waals surface area (Å²) in [4.78, 5) is 30.7.